The largest absolute Gasteiger partial charge is 0.458 e. The molecular weight excluding hydrogens is 485 g/mol. The molecule has 2 unspecified atom stereocenters. The second kappa shape index (κ2) is 7.95. The molecule has 0 aliphatic carbocycles. The van der Waals surface area contributed by atoms with Gasteiger partial charge in [0, 0.05) is 12.8 Å². The first-order chi connectivity index (χ1) is 12.3. The molecule has 0 aromatic rings. The fourth-order valence-corrected chi connectivity index (χ4v) is 4.03. The van der Waals surface area contributed by atoms with Crippen LogP contribution < -0.4 is 0 Å². The van der Waals surface area contributed by atoms with Gasteiger partial charge in [0.2, 0.25) is 26.5 Å². The summed E-state index contributed by atoms with van der Waals surface area (Å²) >= 11 is 23.3. The highest BCUT2D eigenvalue weighted by Crippen LogP contribution is 2.48. The number of ether oxygens (including phenoxy) is 1. The number of esters is 1. The molecule has 2 saturated heterocycles. The molecule has 0 spiro atoms. The standard InChI is InChI=1S/C14H15Cl5N2O5S/c1-12(2,27-19)14(18,11(25)26-6-13(15,16)17)20-5-7(10(20)24)21-8(22)3-4-9(21)23/h7H,3-6H2,1-2H3. The van der Waals surface area contributed by atoms with E-state index in [4.69, 9.17) is 61.8 Å². The van der Waals surface area contributed by atoms with Gasteiger partial charge in [0.15, 0.2) is 0 Å². The van der Waals surface area contributed by atoms with Crippen LogP contribution in [0.3, 0.4) is 0 Å². The highest BCUT2D eigenvalue weighted by Gasteiger charge is 2.64. The van der Waals surface area contributed by atoms with E-state index < -0.39 is 49.9 Å². The summed E-state index contributed by atoms with van der Waals surface area (Å²) in [5.74, 6) is -2.59. The number of likely N-dealkylation sites (tertiary alicyclic amines) is 2. The fraction of sp³-hybridized carbons (Fsp3) is 0.714. The molecule has 13 heteroatoms. The second-order valence-electron chi connectivity index (χ2n) is 6.52. The zero-order valence-electron chi connectivity index (χ0n) is 14.1. The summed E-state index contributed by atoms with van der Waals surface area (Å²) in [6, 6.07) is -1.01. The molecule has 3 amide bonds. The van der Waals surface area contributed by atoms with Crippen molar-refractivity contribution in [2.45, 2.75) is 46.3 Å². The van der Waals surface area contributed by atoms with E-state index in [1.807, 2.05) is 0 Å². The van der Waals surface area contributed by atoms with Crippen LogP contribution in [0, 0.1) is 0 Å². The molecule has 152 valence electrons. The number of hydrogen-bond donors (Lipinski definition) is 0. The number of amides is 3. The predicted molar refractivity (Wildman–Crippen MR) is 104 cm³/mol. The highest BCUT2D eigenvalue weighted by molar-refractivity contribution is 8.22. The van der Waals surface area contributed by atoms with Crippen molar-refractivity contribution >= 4 is 91.8 Å². The van der Waals surface area contributed by atoms with Gasteiger partial charge in [-0.3, -0.25) is 19.3 Å². The SMILES string of the molecule is CC(C)(SCl)C(Cl)(C(=O)OCC(Cl)(Cl)Cl)N1CC(N2C(=O)CCC2=O)C1=O. The number of β-lactam (4-membered cyclic amide) rings is 1. The number of halogens is 5. The maximum Gasteiger partial charge on any atom is 0.349 e. The third-order valence-corrected chi connectivity index (χ3v) is 7.42. The lowest BCUT2D eigenvalue weighted by Gasteiger charge is -2.53. The van der Waals surface area contributed by atoms with E-state index in [1.54, 1.807) is 0 Å². The topological polar surface area (TPSA) is 84.0 Å². The summed E-state index contributed by atoms with van der Waals surface area (Å²) in [5, 5.41) is 0. The number of carbonyl (C=O) groups excluding carboxylic acids is 4. The van der Waals surface area contributed by atoms with E-state index in [-0.39, 0.29) is 19.4 Å². The summed E-state index contributed by atoms with van der Waals surface area (Å²) in [5.41, 5.74) is 0. The second-order valence-corrected chi connectivity index (χ2v) is 11.2. The maximum absolute atomic E-state index is 12.7. The van der Waals surface area contributed by atoms with Crippen LogP contribution >= 0.6 is 68.1 Å². The van der Waals surface area contributed by atoms with Gasteiger partial charge in [-0.05, 0) is 35.5 Å². The van der Waals surface area contributed by atoms with Gasteiger partial charge < -0.3 is 9.64 Å². The van der Waals surface area contributed by atoms with Crippen LogP contribution in [0.15, 0.2) is 0 Å². The van der Waals surface area contributed by atoms with Gasteiger partial charge in [-0.15, -0.1) is 0 Å². The Hall–Kier alpha value is -0.120. The molecule has 2 aliphatic rings. The highest BCUT2D eigenvalue weighted by atomic mass is 35.7. The lowest BCUT2D eigenvalue weighted by atomic mass is 9.93. The minimum absolute atomic E-state index is 0.0446. The Labute approximate surface area is 184 Å². The monoisotopic (exact) mass is 498 g/mol. The Bertz CT molecular complexity index is 669. The minimum Gasteiger partial charge on any atom is -0.458 e. The maximum atomic E-state index is 12.7. The zero-order valence-corrected chi connectivity index (χ0v) is 18.7. The minimum atomic E-state index is -2.05. The van der Waals surface area contributed by atoms with Crippen LogP contribution in [0.1, 0.15) is 26.7 Å². The Balaban J connectivity index is 2.26. The van der Waals surface area contributed by atoms with Crippen LogP contribution in [0.4, 0.5) is 0 Å². The molecule has 0 aromatic heterocycles. The molecule has 0 bridgehead atoms. The molecular formula is C14H15Cl5N2O5S. The molecule has 7 nitrogen and oxygen atoms in total. The Kier molecular flexibility index (Phi) is 6.82. The summed E-state index contributed by atoms with van der Waals surface area (Å²) in [7, 11) is 6.59. The summed E-state index contributed by atoms with van der Waals surface area (Å²) in [6.45, 7) is 2.33. The normalized spacial score (nSPS) is 23.4. The Morgan fingerprint density at radius 1 is 1.15 bits per heavy atom. The third kappa shape index (κ3) is 4.26. The van der Waals surface area contributed by atoms with Gasteiger partial charge in [0.25, 0.3) is 0 Å². The lowest BCUT2D eigenvalue weighted by molar-refractivity contribution is -0.174. The average molecular weight is 501 g/mol. The first-order valence-electron chi connectivity index (χ1n) is 7.65. The molecule has 0 radical (unpaired) electrons. The molecule has 27 heavy (non-hydrogen) atoms. The number of alkyl halides is 4. The van der Waals surface area contributed by atoms with E-state index >= 15 is 0 Å². The zero-order chi connectivity index (χ0) is 20.8. The number of carbonyl (C=O) groups is 4. The fourth-order valence-electron chi connectivity index (χ4n) is 2.79. The van der Waals surface area contributed by atoms with E-state index in [9.17, 15) is 19.2 Å². The number of rotatable bonds is 6. The summed E-state index contributed by atoms with van der Waals surface area (Å²) in [6.07, 6.45) is 0.0892. The van der Waals surface area contributed by atoms with Crippen molar-refractivity contribution in [2.75, 3.05) is 13.2 Å². The molecule has 2 fully saturated rings. The number of hydrogen-bond acceptors (Lipinski definition) is 6. The van der Waals surface area contributed by atoms with Crippen LogP contribution in [0.25, 0.3) is 0 Å². The van der Waals surface area contributed by atoms with Crippen LogP contribution in [-0.4, -0.2) is 66.2 Å². The van der Waals surface area contributed by atoms with Gasteiger partial charge in [-0.2, -0.15) is 0 Å². The van der Waals surface area contributed by atoms with Crippen molar-refractivity contribution in [3.63, 3.8) is 0 Å². The Morgan fingerprint density at radius 2 is 1.67 bits per heavy atom. The molecule has 2 aliphatic heterocycles. The van der Waals surface area contributed by atoms with Gasteiger partial charge in [0.1, 0.15) is 12.6 Å². The van der Waals surface area contributed by atoms with Crippen molar-refractivity contribution in [2.24, 2.45) is 0 Å². The molecule has 0 N–H and O–H groups in total. The quantitative estimate of drug-likeness (QED) is 0.183. The van der Waals surface area contributed by atoms with Crippen molar-refractivity contribution in [3.05, 3.63) is 0 Å². The molecule has 2 heterocycles. The van der Waals surface area contributed by atoms with Crippen LogP contribution in [0.2, 0.25) is 0 Å². The molecule has 2 rings (SSSR count). The van der Waals surface area contributed by atoms with Crippen LogP contribution in [0.5, 0.6) is 0 Å². The Morgan fingerprint density at radius 3 is 2.07 bits per heavy atom. The lowest BCUT2D eigenvalue weighted by Crippen LogP contribution is -2.75. The van der Waals surface area contributed by atoms with Crippen molar-refractivity contribution in [3.8, 4) is 0 Å². The van der Waals surface area contributed by atoms with Crippen molar-refractivity contribution < 1.29 is 23.9 Å². The molecule has 0 saturated carbocycles. The van der Waals surface area contributed by atoms with E-state index in [0.29, 0.717) is 11.0 Å². The van der Waals surface area contributed by atoms with Gasteiger partial charge in [-0.1, -0.05) is 46.4 Å². The van der Waals surface area contributed by atoms with E-state index in [0.717, 1.165) is 9.80 Å². The van der Waals surface area contributed by atoms with Gasteiger partial charge >= 0.3 is 5.97 Å². The number of imide groups is 1. The smallest absolute Gasteiger partial charge is 0.349 e. The summed E-state index contributed by atoms with van der Waals surface area (Å²) in [4.78, 5) is 49.0. The molecule has 0 aromatic carbocycles. The first kappa shape index (κ1) is 23.2. The summed E-state index contributed by atoms with van der Waals surface area (Å²) < 4.78 is 1.89. The average Bonchev–Trinajstić information content (AvgIpc) is 2.89. The van der Waals surface area contributed by atoms with Crippen LogP contribution in [-0.2, 0) is 23.9 Å². The third-order valence-electron chi connectivity index (χ3n) is 4.31. The number of nitrogens with zero attached hydrogens (tertiary/aromatic N) is 2. The van der Waals surface area contributed by atoms with E-state index in [1.165, 1.54) is 13.8 Å². The van der Waals surface area contributed by atoms with Gasteiger partial charge in [-0.25, -0.2) is 4.79 Å². The predicted octanol–water partition coefficient (Wildman–Crippen LogP) is 2.86. The van der Waals surface area contributed by atoms with Gasteiger partial charge in [0.05, 0.1) is 11.3 Å². The molecule has 2 atom stereocenters. The first-order valence-corrected chi connectivity index (χ1v) is 10.8. The van der Waals surface area contributed by atoms with Crippen molar-refractivity contribution in [1.82, 2.24) is 9.80 Å². The van der Waals surface area contributed by atoms with Crippen molar-refractivity contribution in [1.29, 1.82) is 0 Å². The van der Waals surface area contributed by atoms with E-state index in [2.05, 4.69) is 0 Å².